The van der Waals surface area contributed by atoms with Crippen LogP contribution < -0.4 is 4.74 Å². The van der Waals surface area contributed by atoms with E-state index >= 15 is 0 Å². The molecule has 1 aliphatic rings. The smallest absolute Gasteiger partial charge is 0.317 e. The van der Waals surface area contributed by atoms with Gasteiger partial charge in [-0.05, 0) is 49.5 Å². The lowest BCUT2D eigenvalue weighted by Crippen LogP contribution is -2.36. The minimum atomic E-state index is -0.738. The van der Waals surface area contributed by atoms with Crippen molar-refractivity contribution >= 4 is 5.97 Å². The van der Waals surface area contributed by atoms with E-state index < -0.39 is 5.97 Å². The highest BCUT2D eigenvalue weighted by atomic mass is 16.5. The van der Waals surface area contributed by atoms with Crippen LogP contribution in [0.4, 0.5) is 0 Å². The fourth-order valence-corrected chi connectivity index (χ4v) is 2.49. The molecule has 0 saturated carbocycles. The van der Waals surface area contributed by atoms with Crippen molar-refractivity contribution in [1.82, 2.24) is 4.90 Å². The number of hydrogen-bond donors (Lipinski definition) is 1. The molecule has 18 heavy (non-hydrogen) atoms. The highest BCUT2D eigenvalue weighted by Gasteiger charge is 2.21. The molecular formula is C14H19NO3. The number of rotatable bonds is 4. The molecule has 0 unspecified atom stereocenters. The number of hydrogen-bond acceptors (Lipinski definition) is 3. The van der Waals surface area contributed by atoms with Crippen molar-refractivity contribution in [2.24, 2.45) is 0 Å². The second-order valence-electron chi connectivity index (χ2n) is 4.72. The van der Waals surface area contributed by atoms with E-state index in [0.29, 0.717) is 5.92 Å². The van der Waals surface area contributed by atoms with E-state index in [9.17, 15) is 4.79 Å². The first-order valence-corrected chi connectivity index (χ1v) is 6.27. The molecule has 0 radical (unpaired) electrons. The molecule has 4 heteroatoms. The van der Waals surface area contributed by atoms with Crippen molar-refractivity contribution in [3.63, 3.8) is 0 Å². The van der Waals surface area contributed by atoms with E-state index in [0.717, 1.165) is 31.7 Å². The number of carboxylic acids is 1. The lowest BCUT2D eigenvalue weighted by Gasteiger charge is -2.31. The van der Waals surface area contributed by atoms with Gasteiger partial charge in [0, 0.05) is 0 Å². The van der Waals surface area contributed by atoms with E-state index in [1.54, 1.807) is 7.11 Å². The molecule has 0 spiro atoms. The Morgan fingerprint density at radius 3 is 2.44 bits per heavy atom. The lowest BCUT2D eigenvalue weighted by molar-refractivity contribution is -0.138. The molecule has 1 saturated heterocycles. The molecule has 1 aromatic carbocycles. The van der Waals surface area contributed by atoms with Crippen LogP contribution >= 0.6 is 0 Å². The van der Waals surface area contributed by atoms with E-state index in [4.69, 9.17) is 9.84 Å². The number of nitrogens with zero attached hydrogens (tertiary/aromatic N) is 1. The maximum absolute atomic E-state index is 10.6. The van der Waals surface area contributed by atoms with Crippen LogP contribution in [0.2, 0.25) is 0 Å². The minimum Gasteiger partial charge on any atom is -0.497 e. The summed E-state index contributed by atoms with van der Waals surface area (Å²) in [5, 5.41) is 8.75. The Labute approximate surface area is 107 Å². The van der Waals surface area contributed by atoms with Gasteiger partial charge in [0.15, 0.2) is 0 Å². The number of methoxy groups -OCH3 is 1. The molecule has 0 aliphatic carbocycles. The third-order valence-electron chi connectivity index (χ3n) is 3.53. The summed E-state index contributed by atoms with van der Waals surface area (Å²) in [5.74, 6) is 0.681. The van der Waals surface area contributed by atoms with Crippen LogP contribution in [-0.2, 0) is 4.79 Å². The molecule has 2 rings (SSSR count). The topological polar surface area (TPSA) is 49.8 Å². The molecule has 0 amide bonds. The molecule has 0 aromatic heterocycles. The van der Waals surface area contributed by atoms with E-state index in [2.05, 4.69) is 12.1 Å². The summed E-state index contributed by atoms with van der Waals surface area (Å²) in [4.78, 5) is 12.6. The summed E-state index contributed by atoms with van der Waals surface area (Å²) >= 11 is 0. The monoisotopic (exact) mass is 249 g/mol. The first kappa shape index (κ1) is 12.9. The Bertz CT molecular complexity index is 394. The first-order chi connectivity index (χ1) is 8.69. The highest BCUT2D eigenvalue weighted by Crippen LogP contribution is 2.28. The largest absolute Gasteiger partial charge is 0.497 e. The fraction of sp³-hybridized carbons (Fsp3) is 0.500. The van der Waals surface area contributed by atoms with Gasteiger partial charge < -0.3 is 9.84 Å². The zero-order valence-electron chi connectivity index (χ0n) is 10.6. The van der Waals surface area contributed by atoms with Crippen molar-refractivity contribution in [3.8, 4) is 5.75 Å². The number of aliphatic carboxylic acids is 1. The summed E-state index contributed by atoms with van der Waals surface area (Å²) in [6.07, 6.45) is 2.05. The van der Waals surface area contributed by atoms with Gasteiger partial charge in [0.2, 0.25) is 0 Å². The molecule has 0 atom stereocenters. The van der Waals surface area contributed by atoms with Crippen LogP contribution in [-0.4, -0.2) is 42.7 Å². The molecule has 1 heterocycles. The van der Waals surface area contributed by atoms with Gasteiger partial charge in [-0.3, -0.25) is 9.69 Å². The van der Waals surface area contributed by atoms with Gasteiger partial charge in [0.05, 0.1) is 13.7 Å². The quantitative estimate of drug-likeness (QED) is 0.886. The fourth-order valence-electron chi connectivity index (χ4n) is 2.49. The van der Waals surface area contributed by atoms with Crippen LogP contribution in [0.1, 0.15) is 24.3 Å². The Morgan fingerprint density at radius 2 is 1.94 bits per heavy atom. The Kier molecular flexibility index (Phi) is 4.20. The second-order valence-corrected chi connectivity index (χ2v) is 4.72. The Balaban J connectivity index is 1.90. The van der Waals surface area contributed by atoms with Crippen LogP contribution in [0.5, 0.6) is 5.75 Å². The number of carbonyl (C=O) groups is 1. The van der Waals surface area contributed by atoms with Crippen molar-refractivity contribution in [1.29, 1.82) is 0 Å². The summed E-state index contributed by atoms with van der Waals surface area (Å²) in [7, 11) is 1.67. The average Bonchev–Trinajstić information content (AvgIpc) is 2.39. The summed E-state index contributed by atoms with van der Waals surface area (Å²) in [6.45, 7) is 1.89. The van der Waals surface area contributed by atoms with Crippen LogP contribution in [0.15, 0.2) is 24.3 Å². The van der Waals surface area contributed by atoms with E-state index in [1.807, 2.05) is 17.0 Å². The molecule has 1 fully saturated rings. The minimum absolute atomic E-state index is 0.162. The van der Waals surface area contributed by atoms with E-state index in [1.165, 1.54) is 5.56 Å². The van der Waals surface area contributed by atoms with E-state index in [-0.39, 0.29) is 6.54 Å². The Hall–Kier alpha value is -1.55. The molecule has 4 nitrogen and oxygen atoms in total. The van der Waals surface area contributed by atoms with Crippen molar-refractivity contribution in [2.75, 3.05) is 26.7 Å². The second kappa shape index (κ2) is 5.87. The van der Waals surface area contributed by atoms with Gasteiger partial charge in [0.1, 0.15) is 5.75 Å². The van der Waals surface area contributed by atoms with Gasteiger partial charge in [0.25, 0.3) is 0 Å². The maximum Gasteiger partial charge on any atom is 0.317 e. The standard InChI is InChI=1S/C14H19NO3/c1-18-13-4-2-11(3-5-13)12-6-8-15(9-7-12)10-14(16)17/h2-5,12H,6-10H2,1H3,(H,16,17). The van der Waals surface area contributed by atoms with Gasteiger partial charge >= 0.3 is 5.97 Å². The zero-order valence-corrected chi connectivity index (χ0v) is 10.6. The first-order valence-electron chi connectivity index (χ1n) is 6.27. The van der Waals surface area contributed by atoms with Crippen molar-refractivity contribution < 1.29 is 14.6 Å². The lowest BCUT2D eigenvalue weighted by atomic mass is 9.89. The number of ether oxygens (including phenoxy) is 1. The van der Waals surface area contributed by atoms with Gasteiger partial charge in [-0.15, -0.1) is 0 Å². The molecule has 1 N–H and O–H groups in total. The SMILES string of the molecule is COc1ccc(C2CCN(CC(=O)O)CC2)cc1. The van der Waals surface area contributed by atoms with Crippen LogP contribution in [0.3, 0.4) is 0 Å². The molecular weight excluding hydrogens is 230 g/mol. The molecule has 1 aliphatic heterocycles. The summed E-state index contributed by atoms with van der Waals surface area (Å²) in [5.41, 5.74) is 1.32. The third-order valence-corrected chi connectivity index (χ3v) is 3.53. The van der Waals surface area contributed by atoms with Crippen molar-refractivity contribution in [2.45, 2.75) is 18.8 Å². The number of carboxylic acid groups (broad SMARTS) is 1. The summed E-state index contributed by atoms with van der Waals surface area (Å²) < 4.78 is 5.14. The Morgan fingerprint density at radius 1 is 1.33 bits per heavy atom. The number of benzene rings is 1. The van der Waals surface area contributed by atoms with Gasteiger partial charge in [-0.25, -0.2) is 0 Å². The predicted octanol–water partition coefficient (Wildman–Crippen LogP) is 1.96. The predicted molar refractivity (Wildman–Crippen MR) is 69.0 cm³/mol. The molecule has 0 bridgehead atoms. The molecule has 1 aromatic rings. The summed E-state index contributed by atoms with van der Waals surface area (Å²) in [6, 6.07) is 8.19. The number of piperidine rings is 1. The van der Waals surface area contributed by atoms with Gasteiger partial charge in [-0.1, -0.05) is 12.1 Å². The highest BCUT2D eigenvalue weighted by molar-refractivity contribution is 5.69. The van der Waals surface area contributed by atoms with Crippen LogP contribution in [0, 0.1) is 0 Å². The average molecular weight is 249 g/mol. The van der Waals surface area contributed by atoms with Crippen molar-refractivity contribution in [3.05, 3.63) is 29.8 Å². The van der Waals surface area contributed by atoms with Gasteiger partial charge in [-0.2, -0.15) is 0 Å². The normalized spacial score (nSPS) is 17.6. The number of likely N-dealkylation sites (tertiary alicyclic amines) is 1. The third kappa shape index (κ3) is 3.23. The molecule has 98 valence electrons. The van der Waals surface area contributed by atoms with Crippen LogP contribution in [0.25, 0.3) is 0 Å². The maximum atomic E-state index is 10.6. The zero-order chi connectivity index (χ0) is 13.0.